The highest BCUT2D eigenvalue weighted by molar-refractivity contribution is 7.89. The van der Waals surface area contributed by atoms with Gasteiger partial charge in [0.2, 0.25) is 10.0 Å². The summed E-state index contributed by atoms with van der Waals surface area (Å²) in [5.41, 5.74) is 1.82. The maximum absolute atomic E-state index is 13.1. The highest BCUT2D eigenvalue weighted by Gasteiger charge is 2.50. The summed E-state index contributed by atoms with van der Waals surface area (Å²) in [7, 11) is -3.68. The molecule has 24 heavy (non-hydrogen) atoms. The lowest BCUT2D eigenvalue weighted by Gasteiger charge is -2.33. The van der Waals surface area contributed by atoms with E-state index in [1.165, 1.54) is 4.31 Å². The van der Waals surface area contributed by atoms with Crippen LogP contribution in [0.5, 0.6) is 5.75 Å². The zero-order valence-electron chi connectivity index (χ0n) is 13.3. The Morgan fingerprint density at radius 1 is 1.12 bits per heavy atom. The summed E-state index contributed by atoms with van der Waals surface area (Å²) in [6, 6.07) is 13.9. The zero-order valence-corrected chi connectivity index (χ0v) is 14.1. The highest BCUT2D eigenvalue weighted by Crippen LogP contribution is 2.46. The van der Waals surface area contributed by atoms with E-state index in [-0.39, 0.29) is 17.4 Å². The number of aliphatic hydroxyl groups excluding tert-OH is 1. The molecule has 1 saturated heterocycles. The molecule has 0 bridgehead atoms. The minimum absolute atomic E-state index is 0.0865. The molecule has 0 radical (unpaired) electrons. The molecule has 3 atom stereocenters. The van der Waals surface area contributed by atoms with Crippen LogP contribution >= 0.6 is 0 Å². The third kappa shape index (κ3) is 2.33. The molecule has 2 aromatic rings. The van der Waals surface area contributed by atoms with E-state index in [0.29, 0.717) is 12.4 Å². The number of hydrogen-bond donors (Lipinski definition) is 1. The first-order valence-corrected chi connectivity index (χ1v) is 9.41. The number of aliphatic hydroxyl groups is 1. The van der Waals surface area contributed by atoms with E-state index < -0.39 is 22.2 Å². The molecule has 2 heterocycles. The van der Waals surface area contributed by atoms with Crippen LogP contribution in [0.25, 0.3) is 0 Å². The lowest BCUT2D eigenvalue weighted by atomic mass is 9.91. The molecular weight excluding hydrogens is 326 g/mol. The first-order valence-electron chi connectivity index (χ1n) is 7.97. The molecule has 0 spiro atoms. The number of rotatable bonds is 2. The van der Waals surface area contributed by atoms with Gasteiger partial charge in [0, 0.05) is 18.0 Å². The van der Waals surface area contributed by atoms with Crippen LogP contribution in [-0.2, 0) is 10.0 Å². The lowest BCUT2D eigenvalue weighted by molar-refractivity contribution is 0.0874. The minimum atomic E-state index is -3.68. The highest BCUT2D eigenvalue weighted by atomic mass is 32.2. The van der Waals surface area contributed by atoms with Gasteiger partial charge in [0.25, 0.3) is 0 Å². The topological polar surface area (TPSA) is 66.8 Å². The van der Waals surface area contributed by atoms with Crippen molar-refractivity contribution in [1.29, 1.82) is 0 Å². The summed E-state index contributed by atoms with van der Waals surface area (Å²) in [6.07, 6.45) is -0.733. The summed E-state index contributed by atoms with van der Waals surface area (Å²) in [4.78, 5) is 0.255. The maximum atomic E-state index is 13.1. The van der Waals surface area contributed by atoms with Crippen LogP contribution in [-0.4, -0.2) is 37.1 Å². The number of fused-ring (bicyclic) bond motifs is 3. The molecule has 2 aliphatic heterocycles. The van der Waals surface area contributed by atoms with Gasteiger partial charge in [0.15, 0.2) is 0 Å². The molecule has 0 unspecified atom stereocenters. The zero-order chi connectivity index (χ0) is 16.9. The van der Waals surface area contributed by atoms with Crippen LogP contribution < -0.4 is 4.74 Å². The van der Waals surface area contributed by atoms with Gasteiger partial charge < -0.3 is 9.84 Å². The molecule has 0 aromatic heterocycles. The number of hydrogen-bond acceptors (Lipinski definition) is 4. The normalized spacial score (nSPS) is 26.5. The van der Waals surface area contributed by atoms with Crippen molar-refractivity contribution in [3.63, 3.8) is 0 Å². The largest absolute Gasteiger partial charge is 0.493 e. The second-order valence-corrected chi connectivity index (χ2v) is 8.30. The summed E-state index contributed by atoms with van der Waals surface area (Å²) < 4.78 is 33.4. The van der Waals surface area contributed by atoms with Crippen molar-refractivity contribution in [1.82, 2.24) is 4.31 Å². The number of ether oxygens (including phenoxy) is 1. The third-order valence-electron chi connectivity index (χ3n) is 4.87. The van der Waals surface area contributed by atoms with Gasteiger partial charge in [-0.15, -0.1) is 0 Å². The number of benzene rings is 2. The van der Waals surface area contributed by atoms with Crippen LogP contribution in [0.2, 0.25) is 0 Å². The second kappa shape index (κ2) is 5.58. The Kier molecular flexibility index (Phi) is 3.63. The van der Waals surface area contributed by atoms with Crippen LogP contribution in [0.15, 0.2) is 53.4 Å². The molecule has 0 aliphatic carbocycles. The van der Waals surface area contributed by atoms with E-state index in [1.54, 1.807) is 24.3 Å². The molecule has 4 rings (SSSR count). The molecule has 6 heteroatoms. The van der Waals surface area contributed by atoms with E-state index in [1.807, 2.05) is 31.2 Å². The quantitative estimate of drug-likeness (QED) is 0.905. The third-order valence-corrected chi connectivity index (χ3v) is 6.74. The molecule has 2 aromatic carbocycles. The average molecular weight is 345 g/mol. The van der Waals surface area contributed by atoms with Gasteiger partial charge >= 0.3 is 0 Å². The van der Waals surface area contributed by atoms with Crippen LogP contribution in [0.3, 0.4) is 0 Å². The number of β-amino-alcohol motifs (C(OH)–C–C–N with tert-alkyl or cyclic N) is 1. The van der Waals surface area contributed by atoms with Gasteiger partial charge in [-0.1, -0.05) is 35.9 Å². The minimum Gasteiger partial charge on any atom is -0.493 e. The van der Waals surface area contributed by atoms with Crippen LogP contribution in [0.4, 0.5) is 0 Å². The van der Waals surface area contributed by atoms with Crippen molar-refractivity contribution in [2.24, 2.45) is 5.92 Å². The van der Waals surface area contributed by atoms with Crippen molar-refractivity contribution in [3.8, 4) is 5.75 Å². The summed E-state index contributed by atoms with van der Waals surface area (Å²) in [5, 5.41) is 10.4. The predicted molar refractivity (Wildman–Crippen MR) is 89.2 cm³/mol. The average Bonchev–Trinajstić information content (AvgIpc) is 2.93. The Hall–Kier alpha value is -1.89. The van der Waals surface area contributed by atoms with Crippen LogP contribution in [0, 0.1) is 12.8 Å². The first kappa shape index (κ1) is 15.6. The van der Waals surface area contributed by atoms with Gasteiger partial charge in [-0.3, -0.25) is 0 Å². The standard InChI is InChI=1S/C18H19NO4S/c1-12-6-8-13(9-7-12)24(21,22)19-10-16(20)15-11-23-17-5-3-2-4-14(17)18(15)19/h2-9,15-16,18,20H,10-11H2,1H3/t15-,16-,18-/m1/s1. The second-order valence-electron chi connectivity index (χ2n) is 6.41. The van der Waals surface area contributed by atoms with Crippen molar-refractivity contribution in [2.75, 3.05) is 13.2 Å². The van der Waals surface area contributed by atoms with E-state index >= 15 is 0 Å². The van der Waals surface area contributed by atoms with Crippen molar-refractivity contribution in [2.45, 2.75) is 24.0 Å². The van der Waals surface area contributed by atoms with Gasteiger partial charge in [0.05, 0.1) is 23.6 Å². The molecule has 126 valence electrons. The molecule has 2 aliphatic rings. The van der Waals surface area contributed by atoms with Gasteiger partial charge in [-0.25, -0.2) is 8.42 Å². The van der Waals surface area contributed by atoms with Gasteiger partial charge in [-0.2, -0.15) is 4.31 Å². The molecule has 5 nitrogen and oxygen atoms in total. The number of para-hydroxylation sites is 1. The summed E-state index contributed by atoms with van der Waals surface area (Å²) in [5.74, 6) is 0.442. The number of sulfonamides is 1. The van der Waals surface area contributed by atoms with Crippen molar-refractivity contribution >= 4 is 10.0 Å². The number of nitrogens with zero attached hydrogens (tertiary/aromatic N) is 1. The Morgan fingerprint density at radius 2 is 1.83 bits per heavy atom. The maximum Gasteiger partial charge on any atom is 0.243 e. The van der Waals surface area contributed by atoms with Gasteiger partial charge in [-0.05, 0) is 25.1 Å². The molecule has 1 N–H and O–H groups in total. The summed E-state index contributed by atoms with van der Waals surface area (Å²) >= 11 is 0. The Balaban J connectivity index is 1.80. The first-order chi connectivity index (χ1) is 11.5. The van der Waals surface area contributed by atoms with E-state index in [4.69, 9.17) is 4.74 Å². The SMILES string of the molecule is Cc1ccc(S(=O)(=O)N2C[C@@H](O)[C@H]3COc4ccccc4[C@H]32)cc1. The molecular formula is C18H19NO4S. The van der Waals surface area contributed by atoms with Crippen molar-refractivity contribution in [3.05, 3.63) is 59.7 Å². The fourth-order valence-electron chi connectivity index (χ4n) is 3.58. The Morgan fingerprint density at radius 3 is 2.58 bits per heavy atom. The van der Waals surface area contributed by atoms with Crippen LogP contribution in [0.1, 0.15) is 17.2 Å². The smallest absolute Gasteiger partial charge is 0.243 e. The molecule has 0 amide bonds. The van der Waals surface area contributed by atoms with E-state index in [9.17, 15) is 13.5 Å². The Bertz CT molecular complexity index is 863. The monoisotopic (exact) mass is 345 g/mol. The van der Waals surface area contributed by atoms with Crippen molar-refractivity contribution < 1.29 is 18.3 Å². The van der Waals surface area contributed by atoms with E-state index in [2.05, 4.69) is 0 Å². The molecule has 0 saturated carbocycles. The lowest BCUT2D eigenvalue weighted by Crippen LogP contribution is -2.35. The predicted octanol–water partition coefficient (Wildman–Crippen LogP) is 2.11. The Labute approximate surface area is 141 Å². The molecule has 1 fully saturated rings. The summed E-state index contributed by atoms with van der Waals surface area (Å²) in [6.45, 7) is 2.33. The van der Waals surface area contributed by atoms with E-state index in [0.717, 1.165) is 11.1 Å². The fraction of sp³-hybridized carbons (Fsp3) is 0.333. The van der Waals surface area contributed by atoms with Gasteiger partial charge in [0.1, 0.15) is 5.75 Å². The fourth-order valence-corrected chi connectivity index (χ4v) is 5.25. The number of aryl methyl sites for hydroxylation is 1.